The van der Waals surface area contributed by atoms with Gasteiger partial charge < -0.3 is 15.0 Å². The Bertz CT molecular complexity index is 798. The fourth-order valence-corrected chi connectivity index (χ4v) is 3.91. The summed E-state index contributed by atoms with van der Waals surface area (Å²) in [6.07, 6.45) is 1.07. The largest absolute Gasteiger partial charge is 0.379 e. The van der Waals surface area contributed by atoms with Gasteiger partial charge in [-0.25, -0.2) is 0 Å². The third-order valence-electron chi connectivity index (χ3n) is 5.41. The minimum Gasteiger partial charge on any atom is -0.379 e. The van der Waals surface area contributed by atoms with Gasteiger partial charge in [0.15, 0.2) is 5.96 Å². The van der Waals surface area contributed by atoms with Crippen molar-refractivity contribution in [2.24, 2.45) is 4.99 Å². The zero-order valence-corrected chi connectivity index (χ0v) is 16.0. The first-order chi connectivity index (χ1) is 13.3. The SMILES string of the molecule is CN=C(NCc1ccccc1CN1CCOCC1)N1CCc2ccccc21. The van der Waals surface area contributed by atoms with Gasteiger partial charge in [-0.1, -0.05) is 42.5 Å². The van der Waals surface area contributed by atoms with Gasteiger partial charge in [-0.2, -0.15) is 0 Å². The number of anilines is 1. The van der Waals surface area contributed by atoms with Crippen LogP contribution in [0, 0.1) is 0 Å². The number of hydrogen-bond donors (Lipinski definition) is 1. The van der Waals surface area contributed by atoms with Crippen LogP contribution in [0.1, 0.15) is 16.7 Å². The van der Waals surface area contributed by atoms with Crippen LogP contribution in [0.5, 0.6) is 0 Å². The van der Waals surface area contributed by atoms with Crippen molar-refractivity contribution >= 4 is 11.6 Å². The molecule has 4 rings (SSSR count). The Morgan fingerprint density at radius 2 is 1.74 bits per heavy atom. The number of ether oxygens (including phenoxy) is 1. The van der Waals surface area contributed by atoms with Crippen molar-refractivity contribution in [1.82, 2.24) is 10.2 Å². The Balaban J connectivity index is 1.44. The lowest BCUT2D eigenvalue weighted by molar-refractivity contribution is 0.0341. The van der Waals surface area contributed by atoms with Gasteiger partial charge in [-0.05, 0) is 29.2 Å². The van der Waals surface area contributed by atoms with Gasteiger partial charge in [-0.15, -0.1) is 0 Å². The molecule has 2 aromatic rings. The summed E-state index contributed by atoms with van der Waals surface area (Å²) in [5, 5.41) is 3.58. The Labute approximate surface area is 161 Å². The Morgan fingerprint density at radius 3 is 2.56 bits per heavy atom. The van der Waals surface area contributed by atoms with Crippen LogP contribution in [0.25, 0.3) is 0 Å². The summed E-state index contributed by atoms with van der Waals surface area (Å²) in [6, 6.07) is 17.3. The maximum Gasteiger partial charge on any atom is 0.198 e. The highest BCUT2D eigenvalue weighted by Gasteiger charge is 2.22. The molecule has 1 saturated heterocycles. The van der Waals surface area contributed by atoms with Crippen LogP contribution in [0.3, 0.4) is 0 Å². The van der Waals surface area contributed by atoms with Gasteiger partial charge in [0.05, 0.1) is 13.2 Å². The summed E-state index contributed by atoms with van der Waals surface area (Å²) in [4.78, 5) is 9.29. The van der Waals surface area contributed by atoms with Crippen molar-refractivity contribution in [3.63, 3.8) is 0 Å². The summed E-state index contributed by atoms with van der Waals surface area (Å²) in [7, 11) is 1.86. The van der Waals surface area contributed by atoms with Crippen LogP contribution >= 0.6 is 0 Å². The third-order valence-corrected chi connectivity index (χ3v) is 5.41. The fraction of sp³-hybridized carbons (Fsp3) is 0.409. The lowest BCUT2D eigenvalue weighted by Crippen LogP contribution is -2.40. The number of fused-ring (bicyclic) bond motifs is 1. The van der Waals surface area contributed by atoms with Crippen molar-refractivity contribution in [1.29, 1.82) is 0 Å². The minimum atomic E-state index is 0.784. The molecule has 1 N–H and O–H groups in total. The van der Waals surface area contributed by atoms with Gasteiger partial charge in [0.2, 0.25) is 0 Å². The Hall–Kier alpha value is -2.37. The van der Waals surface area contributed by atoms with Gasteiger partial charge in [-0.3, -0.25) is 9.89 Å². The van der Waals surface area contributed by atoms with E-state index >= 15 is 0 Å². The Morgan fingerprint density at radius 1 is 1.00 bits per heavy atom. The quantitative estimate of drug-likeness (QED) is 0.669. The lowest BCUT2D eigenvalue weighted by atomic mass is 10.1. The zero-order chi connectivity index (χ0) is 18.5. The van der Waals surface area contributed by atoms with Crippen molar-refractivity contribution < 1.29 is 4.74 Å². The van der Waals surface area contributed by atoms with E-state index in [4.69, 9.17) is 4.74 Å². The predicted molar refractivity (Wildman–Crippen MR) is 110 cm³/mol. The highest BCUT2D eigenvalue weighted by atomic mass is 16.5. The normalized spacial score (nSPS) is 17.8. The smallest absolute Gasteiger partial charge is 0.198 e. The van der Waals surface area contributed by atoms with E-state index in [0.717, 1.165) is 58.3 Å². The molecular weight excluding hydrogens is 336 g/mol. The van der Waals surface area contributed by atoms with Crippen molar-refractivity contribution in [2.45, 2.75) is 19.5 Å². The number of morpholine rings is 1. The first kappa shape index (κ1) is 18.0. The van der Waals surface area contributed by atoms with E-state index < -0.39 is 0 Å². The van der Waals surface area contributed by atoms with Gasteiger partial charge in [0, 0.05) is 45.5 Å². The van der Waals surface area contributed by atoms with E-state index in [1.165, 1.54) is 22.4 Å². The average molecular weight is 364 g/mol. The second-order valence-corrected chi connectivity index (χ2v) is 7.09. The molecular formula is C22H28N4O. The van der Waals surface area contributed by atoms with E-state index in [-0.39, 0.29) is 0 Å². The molecule has 142 valence electrons. The molecule has 0 saturated carbocycles. The molecule has 5 heteroatoms. The summed E-state index contributed by atoms with van der Waals surface area (Å²) in [5.41, 5.74) is 5.38. The van der Waals surface area contributed by atoms with E-state index in [1.807, 2.05) is 7.05 Å². The summed E-state index contributed by atoms with van der Waals surface area (Å²) in [6.45, 7) is 6.43. The van der Waals surface area contributed by atoms with Crippen LogP contribution in [0.15, 0.2) is 53.5 Å². The van der Waals surface area contributed by atoms with Crippen LogP contribution < -0.4 is 10.2 Å². The number of nitrogens with zero attached hydrogens (tertiary/aromatic N) is 3. The maximum absolute atomic E-state index is 5.47. The number of rotatable bonds is 4. The molecule has 27 heavy (non-hydrogen) atoms. The first-order valence-electron chi connectivity index (χ1n) is 9.78. The van der Waals surface area contributed by atoms with Crippen LogP contribution in [-0.2, 0) is 24.2 Å². The number of guanidine groups is 1. The Kier molecular flexibility index (Phi) is 5.70. The van der Waals surface area contributed by atoms with Crippen LogP contribution in [0.2, 0.25) is 0 Å². The molecule has 0 spiro atoms. The molecule has 5 nitrogen and oxygen atoms in total. The molecule has 0 bridgehead atoms. The standard InChI is InChI=1S/C22H28N4O/c1-23-22(26-11-10-18-6-4-5-9-21(18)26)24-16-19-7-2-3-8-20(19)17-25-12-14-27-15-13-25/h2-9H,10-17H2,1H3,(H,23,24). The first-order valence-corrected chi connectivity index (χ1v) is 9.78. The van der Waals surface area contributed by atoms with Gasteiger partial charge >= 0.3 is 0 Å². The zero-order valence-electron chi connectivity index (χ0n) is 16.0. The second-order valence-electron chi connectivity index (χ2n) is 7.09. The van der Waals surface area contributed by atoms with E-state index in [1.54, 1.807) is 0 Å². The molecule has 0 radical (unpaired) electrons. The third kappa shape index (κ3) is 4.15. The topological polar surface area (TPSA) is 40.1 Å². The maximum atomic E-state index is 5.47. The van der Waals surface area contributed by atoms with E-state index in [9.17, 15) is 0 Å². The molecule has 0 aliphatic carbocycles. The highest BCUT2D eigenvalue weighted by molar-refractivity contribution is 5.97. The highest BCUT2D eigenvalue weighted by Crippen LogP contribution is 2.27. The monoisotopic (exact) mass is 364 g/mol. The molecule has 0 unspecified atom stereocenters. The van der Waals surface area contributed by atoms with Gasteiger partial charge in [0.25, 0.3) is 0 Å². The lowest BCUT2D eigenvalue weighted by Gasteiger charge is -2.28. The number of aliphatic imine (C=N–C) groups is 1. The van der Waals surface area contributed by atoms with Crippen molar-refractivity contribution in [3.05, 3.63) is 65.2 Å². The number of nitrogens with one attached hydrogen (secondary N) is 1. The molecule has 2 aliphatic rings. The fourth-order valence-electron chi connectivity index (χ4n) is 3.91. The minimum absolute atomic E-state index is 0.784. The van der Waals surface area contributed by atoms with E-state index in [0.29, 0.717) is 0 Å². The molecule has 1 fully saturated rings. The van der Waals surface area contributed by atoms with Crippen molar-refractivity contribution in [2.75, 3.05) is 44.8 Å². The molecule has 0 atom stereocenters. The average Bonchev–Trinajstić information content (AvgIpc) is 3.15. The van der Waals surface area contributed by atoms with Crippen LogP contribution in [0.4, 0.5) is 5.69 Å². The molecule has 2 heterocycles. The number of benzene rings is 2. The van der Waals surface area contributed by atoms with E-state index in [2.05, 4.69) is 68.6 Å². The molecule has 0 aromatic heterocycles. The molecule has 2 aromatic carbocycles. The summed E-state index contributed by atoms with van der Waals surface area (Å²) < 4.78 is 5.47. The second kappa shape index (κ2) is 8.55. The number of para-hydroxylation sites is 1. The van der Waals surface area contributed by atoms with Crippen molar-refractivity contribution in [3.8, 4) is 0 Å². The molecule has 0 amide bonds. The molecule has 2 aliphatic heterocycles. The van der Waals surface area contributed by atoms with Crippen LogP contribution in [-0.4, -0.2) is 50.8 Å². The predicted octanol–water partition coefficient (Wildman–Crippen LogP) is 2.66. The number of hydrogen-bond acceptors (Lipinski definition) is 3. The van der Waals surface area contributed by atoms with Gasteiger partial charge in [0.1, 0.15) is 0 Å². The summed E-state index contributed by atoms with van der Waals surface area (Å²) >= 11 is 0. The summed E-state index contributed by atoms with van der Waals surface area (Å²) in [5.74, 6) is 0.945.